The summed E-state index contributed by atoms with van der Waals surface area (Å²) in [5, 5.41) is 3.35. The standard InChI is InChI=1S/C18H29BrN2O/c1-21-4-2-15(3-5-21)20-16(22)11-17-7-13-6-14(8-17)10-18(19,9-13)12-17/h13-15H,2-12H2,1H3,(H,20,22). The fraction of sp³-hybridized carbons (Fsp3) is 0.944. The molecule has 5 rings (SSSR count). The molecule has 2 unspecified atom stereocenters. The van der Waals surface area contributed by atoms with Crippen LogP contribution in [0.5, 0.6) is 0 Å². The van der Waals surface area contributed by atoms with Crippen molar-refractivity contribution in [3.8, 4) is 0 Å². The topological polar surface area (TPSA) is 32.3 Å². The van der Waals surface area contributed by atoms with E-state index in [2.05, 4.69) is 33.2 Å². The summed E-state index contributed by atoms with van der Waals surface area (Å²) in [5.41, 5.74) is 0.309. The van der Waals surface area contributed by atoms with Gasteiger partial charge in [0.1, 0.15) is 0 Å². The highest BCUT2D eigenvalue weighted by molar-refractivity contribution is 9.10. The molecular weight excluding hydrogens is 340 g/mol. The summed E-state index contributed by atoms with van der Waals surface area (Å²) in [5.74, 6) is 2.07. The average Bonchev–Trinajstić information content (AvgIpc) is 2.37. The summed E-state index contributed by atoms with van der Waals surface area (Å²) in [6.45, 7) is 2.23. The van der Waals surface area contributed by atoms with Crippen LogP contribution in [0.3, 0.4) is 0 Å². The van der Waals surface area contributed by atoms with E-state index in [0.717, 1.165) is 44.2 Å². The van der Waals surface area contributed by atoms with Crippen molar-refractivity contribution in [2.24, 2.45) is 17.3 Å². The minimum Gasteiger partial charge on any atom is -0.353 e. The zero-order chi connectivity index (χ0) is 15.4. The molecule has 5 fully saturated rings. The highest BCUT2D eigenvalue weighted by atomic mass is 79.9. The van der Waals surface area contributed by atoms with Crippen LogP contribution in [0.25, 0.3) is 0 Å². The number of likely N-dealkylation sites (tertiary alicyclic amines) is 1. The molecule has 0 spiro atoms. The Morgan fingerprint density at radius 1 is 1.18 bits per heavy atom. The Bertz CT molecular complexity index is 444. The molecule has 4 bridgehead atoms. The first kappa shape index (κ1) is 15.4. The number of carbonyl (C=O) groups is 1. The van der Waals surface area contributed by atoms with Crippen LogP contribution in [0.15, 0.2) is 0 Å². The van der Waals surface area contributed by atoms with Crippen molar-refractivity contribution in [3.63, 3.8) is 0 Å². The summed E-state index contributed by atoms with van der Waals surface area (Å²) in [7, 11) is 2.17. The lowest BCUT2D eigenvalue weighted by molar-refractivity contribution is -0.129. The Labute approximate surface area is 142 Å². The van der Waals surface area contributed by atoms with E-state index in [4.69, 9.17) is 0 Å². The van der Waals surface area contributed by atoms with Gasteiger partial charge in [0.05, 0.1) is 0 Å². The van der Waals surface area contributed by atoms with Gasteiger partial charge in [-0.25, -0.2) is 0 Å². The molecule has 3 nitrogen and oxygen atoms in total. The van der Waals surface area contributed by atoms with E-state index in [0.29, 0.717) is 21.7 Å². The number of alkyl halides is 1. The Hall–Kier alpha value is -0.0900. The maximum absolute atomic E-state index is 12.6. The quantitative estimate of drug-likeness (QED) is 0.774. The van der Waals surface area contributed by atoms with Crippen molar-refractivity contribution < 1.29 is 4.79 Å². The molecule has 5 aliphatic rings. The Kier molecular flexibility index (Phi) is 3.84. The van der Waals surface area contributed by atoms with Gasteiger partial charge in [0, 0.05) is 16.8 Å². The van der Waals surface area contributed by atoms with Crippen LogP contribution in [-0.4, -0.2) is 41.3 Å². The molecule has 1 aliphatic heterocycles. The summed E-state index contributed by atoms with van der Waals surface area (Å²) in [4.78, 5) is 15.0. The maximum Gasteiger partial charge on any atom is 0.220 e. The lowest BCUT2D eigenvalue weighted by atomic mass is 9.48. The second-order valence-corrected chi connectivity index (χ2v) is 10.6. The fourth-order valence-corrected chi connectivity index (χ4v) is 7.83. The number of carbonyl (C=O) groups excluding carboxylic acids is 1. The fourth-order valence-electron chi connectivity index (χ4n) is 6.32. The number of amides is 1. The summed E-state index contributed by atoms with van der Waals surface area (Å²) >= 11 is 4.05. The van der Waals surface area contributed by atoms with Crippen LogP contribution in [0.1, 0.15) is 57.8 Å². The largest absolute Gasteiger partial charge is 0.353 e. The molecule has 0 aromatic heterocycles. The Balaban J connectivity index is 1.37. The zero-order valence-electron chi connectivity index (χ0n) is 13.7. The van der Waals surface area contributed by atoms with Gasteiger partial charge in [-0.3, -0.25) is 4.79 Å². The van der Waals surface area contributed by atoms with Gasteiger partial charge in [0.25, 0.3) is 0 Å². The first-order valence-electron chi connectivity index (χ1n) is 9.11. The van der Waals surface area contributed by atoms with Gasteiger partial charge in [0.15, 0.2) is 0 Å². The average molecular weight is 369 g/mol. The molecule has 1 saturated heterocycles. The van der Waals surface area contributed by atoms with E-state index >= 15 is 0 Å². The molecule has 22 heavy (non-hydrogen) atoms. The smallest absolute Gasteiger partial charge is 0.220 e. The third-order valence-corrected chi connectivity index (χ3v) is 7.66. The van der Waals surface area contributed by atoms with E-state index in [1.807, 2.05) is 0 Å². The first-order chi connectivity index (χ1) is 10.4. The van der Waals surface area contributed by atoms with Crippen molar-refractivity contribution in [1.29, 1.82) is 0 Å². The molecule has 1 amide bonds. The van der Waals surface area contributed by atoms with Crippen LogP contribution >= 0.6 is 15.9 Å². The van der Waals surface area contributed by atoms with Crippen molar-refractivity contribution in [3.05, 3.63) is 0 Å². The van der Waals surface area contributed by atoms with E-state index in [9.17, 15) is 4.79 Å². The van der Waals surface area contributed by atoms with E-state index in [-0.39, 0.29) is 0 Å². The van der Waals surface area contributed by atoms with Crippen LogP contribution in [0.2, 0.25) is 0 Å². The minimum atomic E-state index is 0.309. The predicted octanol–water partition coefficient (Wildman–Crippen LogP) is 3.32. The van der Waals surface area contributed by atoms with Gasteiger partial charge in [-0.1, -0.05) is 15.9 Å². The van der Waals surface area contributed by atoms with Crippen LogP contribution in [-0.2, 0) is 4.79 Å². The lowest BCUT2D eigenvalue weighted by Crippen LogP contribution is -2.54. The molecule has 4 saturated carbocycles. The molecule has 1 heterocycles. The third-order valence-electron chi connectivity index (χ3n) is 6.73. The van der Waals surface area contributed by atoms with Crippen LogP contribution in [0.4, 0.5) is 0 Å². The number of hydrogen-bond donors (Lipinski definition) is 1. The molecule has 4 aliphatic carbocycles. The van der Waals surface area contributed by atoms with Crippen molar-refractivity contribution in [2.45, 2.75) is 68.2 Å². The van der Waals surface area contributed by atoms with Gasteiger partial charge in [-0.05, 0) is 88.8 Å². The van der Waals surface area contributed by atoms with Crippen molar-refractivity contribution in [2.75, 3.05) is 20.1 Å². The van der Waals surface area contributed by atoms with Gasteiger partial charge < -0.3 is 10.2 Å². The second kappa shape index (κ2) is 5.47. The van der Waals surface area contributed by atoms with E-state index < -0.39 is 0 Å². The zero-order valence-corrected chi connectivity index (χ0v) is 15.3. The van der Waals surface area contributed by atoms with Gasteiger partial charge >= 0.3 is 0 Å². The molecular formula is C18H29BrN2O. The number of rotatable bonds is 3. The molecule has 0 radical (unpaired) electrons. The van der Waals surface area contributed by atoms with Crippen molar-refractivity contribution in [1.82, 2.24) is 10.2 Å². The molecule has 0 aromatic carbocycles. The molecule has 2 atom stereocenters. The number of hydrogen-bond acceptors (Lipinski definition) is 2. The van der Waals surface area contributed by atoms with Crippen LogP contribution in [0, 0.1) is 17.3 Å². The number of piperidine rings is 1. The minimum absolute atomic E-state index is 0.309. The molecule has 0 aromatic rings. The SMILES string of the molecule is CN1CCC(NC(=O)CC23CC4CC(CC(Br)(C4)C2)C3)CC1. The summed E-state index contributed by atoms with van der Waals surface area (Å²) in [6, 6.07) is 0.413. The van der Waals surface area contributed by atoms with Gasteiger partial charge in [-0.15, -0.1) is 0 Å². The number of nitrogens with zero attached hydrogens (tertiary/aromatic N) is 1. The van der Waals surface area contributed by atoms with Gasteiger partial charge in [0.2, 0.25) is 5.91 Å². The molecule has 124 valence electrons. The Morgan fingerprint density at radius 3 is 2.41 bits per heavy atom. The van der Waals surface area contributed by atoms with Crippen LogP contribution < -0.4 is 5.32 Å². The highest BCUT2D eigenvalue weighted by Gasteiger charge is 2.57. The lowest BCUT2D eigenvalue weighted by Gasteiger charge is -2.60. The van der Waals surface area contributed by atoms with E-state index in [1.165, 1.54) is 38.5 Å². The van der Waals surface area contributed by atoms with E-state index in [1.54, 1.807) is 0 Å². The summed E-state index contributed by atoms with van der Waals surface area (Å²) < 4.78 is 0.366. The highest BCUT2D eigenvalue weighted by Crippen LogP contribution is 2.65. The predicted molar refractivity (Wildman–Crippen MR) is 92.1 cm³/mol. The first-order valence-corrected chi connectivity index (χ1v) is 9.90. The molecule has 1 N–H and O–H groups in total. The normalized spacial score (nSPS) is 45.2. The maximum atomic E-state index is 12.6. The Morgan fingerprint density at radius 2 is 1.82 bits per heavy atom. The third kappa shape index (κ3) is 2.98. The molecule has 4 heteroatoms. The second-order valence-electron chi connectivity index (χ2n) is 8.93. The van der Waals surface area contributed by atoms with Crippen molar-refractivity contribution >= 4 is 21.8 Å². The monoisotopic (exact) mass is 368 g/mol. The number of halogens is 1. The summed E-state index contributed by atoms with van der Waals surface area (Å²) in [6.07, 6.45) is 11.0. The number of nitrogens with one attached hydrogen (secondary N) is 1. The van der Waals surface area contributed by atoms with Gasteiger partial charge in [-0.2, -0.15) is 0 Å².